The van der Waals surface area contributed by atoms with E-state index in [1.807, 2.05) is 0 Å². The van der Waals surface area contributed by atoms with E-state index in [0.29, 0.717) is 18.9 Å². The lowest BCUT2D eigenvalue weighted by atomic mass is 10.1. The topological polar surface area (TPSA) is 94.9 Å². The predicted molar refractivity (Wildman–Crippen MR) is 67.4 cm³/mol. The first-order chi connectivity index (χ1) is 9.32. The summed E-state index contributed by atoms with van der Waals surface area (Å²) in [5.41, 5.74) is -0.480. The van der Waals surface area contributed by atoms with Crippen LogP contribution in [0.2, 0.25) is 0 Å². The second kappa shape index (κ2) is 5.47. The van der Waals surface area contributed by atoms with E-state index in [9.17, 15) is 22.7 Å². The van der Waals surface area contributed by atoms with Crippen molar-refractivity contribution < 1.29 is 27.8 Å². The van der Waals surface area contributed by atoms with Crippen LogP contribution in [-0.2, 0) is 10.0 Å². The van der Waals surface area contributed by atoms with Gasteiger partial charge in [0.2, 0.25) is 10.0 Å². The Morgan fingerprint density at radius 2 is 2.10 bits per heavy atom. The summed E-state index contributed by atoms with van der Waals surface area (Å²) >= 11 is 0. The minimum Gasteiger partial charge on any atom is -0.478 e. The molecule has 0 bridgehead atoms. The zero-order chi connectivity index (χ0) is 14.9. The van der Waals surface area contributed by atoms with Crippen LogP contribution in [0.4, 0.5) is 4.39 Å². The Bertz CT molecular complexity index is 631. The molecular formula is C12H14FNO5S. The number of aliphatic hydroxyl groups excluding tert-OH is 1. The van der Waals surface area contributed by atoms with Crippen LogP contribution in [0, 0.1) is 5.82 Å². The fraction of sp³-hybridized carbons (Fsp3) is 0.417. The van der Waals surface area contributed by atoms with Gasteiger partial charge in [-0.15, -0.1) is 0 Å². The van der Waals surface area contributed by atoms with E-state index in [4.69, 9.17) is 5.11 Å². The summed E-state index contributed by atoms with van der Waals surface area (Å²) in [6.07, 6.45) is 0.166. The van der Waals surface area contributed by atoms with Gasteiger partial charge in [0.1, 0.15) is 5.82 Å². The maximum atomic E-state index is 13.3. The van der Waals surface area contributed by atoms with Crippen molar-refractivity contribution in [1.29, 1.82) is 0 Å². The minimum absolute atomic E-state index is 0.113. The Hall–Kier alpha value is -1.51. The van der Waals surface area contributed by atoms with Gasteiger partial charge in [0, 0.05) is 13.1 Å². The molecule has 2 rings (SSSR count). The Morgan fingerprint density at radius 3 is 2.70 bits per heavy atom. The van der Waals surface area contributed by atoms with Crippen molar-refractivity contribution in [2.45, 2.75) is 23.8 Å². The normalized spacial score (nSPS) is 20.8. The van der Waals surface area contributed by atoms with Gasteiger partial charge in [0.15, 0.2) is 0 Å². The summed E-state index contributed by atoms with van der Waals surface area (Å²) in [5, 5.41) is 18.5. The molecule has 1 aliphatic rings. The number of rotatable bonds is 3. The number of carboxylic acids is 1. The SMILES string of the molecule is O=C(O)c1ccc(F)cc1S(=O)(=O)N1CCCC(O)C1. The number of benzene rings is 1. The number of carboxylic acid groups (broad SMARTS) is 1. The highest BCUT2D eigenvalue weighted by Gasteiger charge is 2.32. The average molecular weight is 303 g/mol. The molecule has 0 aromatic heterocycles. The van der Waals surface area contributed by atoms with Crippen molar-refractivity contribution in [1.82, 2.24) is 4.31 Å². The number of hydrogen-bond acceptors (Lipinski definition) is 4. The summed E-state index contributed by atoms with van der Waals surface area (Å²) in [6.45, 7) is 0.0624. The summed E-state index contributed by atoms with van der Waals surface area (Å²) in [6, 6.07) is 2.51. The lowest BCUT2D eigenvalue weighted by Crippen LogP contribution is -2.42. The molecule has 8 heteroatoms. The number of hydrogen-bond donors (Lipinski definition) is 2. The molecule has 6 nitrogen and oxygen atoms in total. The molecule has 1 aromatic rings. The number of aromatic carboxylic acids is 1. The highest BCUT2D eigenvalue weighted by atomic mass is 32.2. The molecule has 1 aromatic carbocycles. The molecular weight excluding hydrogens is 289 g/mol. The van der Waals surface area contributed by atoms with E-state index < -0.39 is 38.4 Å². The Labute approximate surface area is 115 Å². The van der Waals surface area contributed by atoms with Gasteiger partial charge in [-0.05, 0) is 31.0 Å². The first-order valence-corrected chi connectivity index (χ1v) is 7.47. The van der Waals surface area contributed by atoms with Crippen molar-refractivity contribution in [3.8, 4) is 0 Å². The summed E-state index contributed by atoms with van der Waals surface area (Å²) in [5.74, 6) is -2.27. The van der Waals surface area contributed by atoms with Gasteiger partial charge in [-0.2, -0.15) is 4.31 Å². The lowest BCUT2D eigenvalue weighted by molar-refractivity contribution is 0.0692. The molecule has 1 fully saturated rings. The first kappa shape index (κ1) is 14.9. The first-order valence-electron chi connectivity index (χ1n) is 6.03. The van der Waals surface area contributed by atoms with Crippen LogP contribution in [0.1, 0.15) is 23.2 Å². The molecule has 20 heavy (non-hydrogen) atoms. The molecule has 110 valence electrons. The van der Waals surface area contributed by atoms with Crippen LogP contribution >= 0.6 is 0 Å². The van der Waals surface area contributed by atoms with Gasteiger partial charge in [-0.3, -0.25) is 0 Å². The molecule has 0 saturated carbocycles. The van der Waals surface area contributed by atoms with E-state index in [0.717, 1.165) is 16.4 Å². The average Bonchev–Trinajstić information content (AvgIpc) is 2.38. The Balaban J connectivity index is 2.48. The number of sulfonamides is 1. The predicted octanol–water partition coefficient (Wildman–Crippen LogP) is 0.669. The van der Waals surface area contributed by atoms with Crippen molar-refractivity contribution in [2.75, 3.05) is 13.1 Å². The standard InChI is InChI=1S/C12H14FNO5S/c13-8-3-4-10(12(16)17)11(6-8)20(18,19)14-5-1-2-9(15)7-14/h3-4,6,9,15H,1-2,5,7H2,(H,16,17). The second-order valence-electron chi connectivity index (χ2n) is 4.60. The number of nitrogens with zero attached hydrogens (tertiary/aromatic N) is 1. The van der Waals surface area contributed by atoms with E-state index in [-0.39, 0.29) is 13.1 Å². The third-order valence-corrected chi connectivity index (χ3v) is 5.06. The van der Waals surface area contributed by atoms with Gasteiger partial charge in [0.05, 0.1) is 16.6 Å². The molecule has 1 heterocycles. The fourth-order valence-electron chi connectivity index (χ4n) is 2.16. The quantitative estimate of drug-likeness (QED) is 0.856. The zero-order valence-corrected chi connectivity index (χ0v) is 11.3. The lowest BCUT2D eigenvalue weighted by Gasteiger charge is -2.29. The third kappa shape index (κ3) is 2.82. The van der Waals surface area contributed by atoms with Crippen molar-refractivity contribution in [3.63, 3.8) is 0 Å². The van der Waals surface area contributed by atoms with Gasteiger partial charge >= 0.3 is 5.97 Å². The van der Waals surface area contributed by atoms with E-state index in [1.54, 1.807) is 0 Å². The molecule has 1 aliphatic heterocycles. The van der Waals surface area contributed by atoms with Gasteiger partial charge < -0.3 is 10.2 Å². The largest absolute Gasteiger partial charge is 0.478 e. The van der Waals surface area contributed by atoms with Crippen LogP contribution in [0.3, 0.4) is 0 Å². The Kier molecular flexibility index (Phi) is 4.07. The molecule has 1 saturated heterocycles. The number of piperidine rings is 1. The number of aliphatic hydroxyl groups is 1. The van der Waals surface area contributed by atoms with Gasteiger partial charge in [-0.1, -0.05) is 0 Å². The summed E-state index contributed by atoms with van der Waals surface area (Å²) in [4.78, 5) is 10.5. The van der Waals surface area contributed by atoms with Gasteiger partial charge in [-0.25, -0.2) is 17.6 Å². The highest BCUT2D eigenvalue weighted by molar-refractivity contribution is 7.89. The van der Waals surface area contributed by atoms with Crippen LogP contribution in [0.15, 0.2) is 23.1 Å². The van der Waals surface area contributed by atoms with Crippen molar-refractivity contribution in [3.05, 3.63) is 29.6 Å². The highest BCUT2D eigenvalue weighted by Crippen LogP contribution is 2.24. The minimum atomic E-state index is -4.14. The van der Waals surface area contributed by atoms with Crippen LogP contribution in [0.5, 0.6) is 0 Å². The monoisotopic (exact) mass is 303 g/mol. The van der Waals surface area contributed by atoms with E-state index in [1.165, 1.54) is 0 Å². The summed E-state index contributed by atoms with van der Waals surface area (Å²) in [7, 11) is -4.14. The molecule has 1 unspecified atom stereocenters. The fourth-order valence-corrected chi connectivity index (χ4v) is 3.88. The molecule has 2 N–H and O–H groups in total. The van der Waals surface area contributed by atoms with Crippen molar-refractivity contribution in [2.24, 2.45) is 0 Å². The van der Waals surface area contributed by atoms with Crippen LogP contribution in [-0.4, -0.2) is 48.1 Å². The summed E-state index contributed by atoms with van der Waals surface area (Å²) < 4.78 is 39.0. The number of β-amino-alcohol motifs (C(OH)–C–C–N with tert-alkyl or cyclic N) is 1. The molecule has 1 atom stereocenters. The maximum Gasteiger partial charge on any atom is 0.337 e. The molecule has 0 spiro atoms. The number of carbonyl (C=O) groups is 1. The molecule has 0 aliphatic carbocycles. The number of halogens is 1. The smallest absolute Gasteiger partial charge is 0.337 e. The molecule has 0 amide bonds. The second-order valence-corrected chi connectivity index (χ2v) is 6.51. The van der Waals surface area contributed by atoms with Crippen molar-refractivity contribution >= 4 is 16.0 Å². The third-order valence-electron chi connectivity index (χ3n) is 3.15. The zero-order valence-electron chi connectivity index (χ0n) is 10.5. The van der Waals surface area contributed by atoms with E-state index in [2.05, 4.69) is 0 Å². The maximum absolute atomic E-state index is 13.3. The van der Waals surface area contributed by atoms with E-state index >= 15 is 0 Å². The van der Waals surface area contributed by atoms with Crippen LogP contribution in [0.25, 0.3) is 0 Å². The van der Waals surface area contributed by atoms with Gasteiger partial charge in [0.25, 0.3) is 0 Å². The van der Waals surface area contributed by atoms with Crippen LogP contribution < -0.4 is 0 Å². The molecule has 0 radical (unpaired) electrons. The Morgan fingerprint density at radius 1 is 1.40 bits per heavy atom.